The highest BCUT2D eigenvalue weighted by atomic mass is 32.2. The number of hydrogen-bond donors (Lipinski definition) is 1. The summed E-state index contributed by atoms with van der Waals surface area (Å²) in [5, 5.41) is 12.6. The summed E-state index contributed by atoms with van der Waals surface area (Å²) in [6, 6.07) is 7.15. The number of ketones is 1. The second-order valence-corrected chi connectivity index (χ2v) is 6.43. The second-order valence-electron chi connectivity index (χ2n) is 4.67. The smallest absolute Gasteiger partial charge is 0.313 e. The van der Waals surface area contributed by atoms with E-state index in [1.807, 2.05) is 16.8 Å². The first-order chi connectivity index (χ1) is 11.1. The number of allylic oxidation sites excluding steroid dienone is 1. The molecule has 1 aromatic heterocycles. The van der Waals surface area contributed by atoms with Crippen LogP contribution >= 0.6 is 23.1 Å². The van der Waals surface area contributed by atoms with Crippen LogP contribution in [-0.2, 0) is 10.5 Å². The summed E-state index contributed by atoms with van der Waals surface area (Å²) < 4.78 is 5.27. The SMILES string of the molecule is COc1ccc(C(=O)C=Cc2ccsc2)cc1CSCC(=O)O. The van der Waals surface area contributed by atoms with Crippen molar-refractivity contribution in [3.8, 4) is 5.75 Å². The van der Waals surface area contributed by atoms with Crippen LogP contribution in [0.3, 0.4) is 0 Å². The number of thioether (sulfide) groups is 1. The molecule has 4 nitrogen and oxygen atoms in total. The maximum Gasteiger partial charge on any atom is 0.313 e. The number of hydrogen-bond acceptors (Lipinski definition) is 5. The van der Waals surface area contributed by atoms with Crippen molar-refractivity contribution in [2.24, 2.45) is 0 Å². The quantitative estimate of drug-likeness (QED) is 0.578. The number of rotatable bonds is 8. The summed E-state index contributed by atoms with van der Waals surface area (Å²) in [5.74, 6) is 0.189. The average molecular weight is 348 g/mol. The molecule has 6 heteroatoms. The van der Waals surface area contributed by atoms with Crippen LogP contribution in [0.15, 0.2) is 41.1 Å². The van der Waals surface area contributed by atoms with Gasteiger partial charge >= 0.3 is 5.97 Å². The number of carboxylic acid groups (broad SMARTS) is 1. The fourth-order valence-electron chi connectivity index (χ4n) is 1.93. The first kappa shape index (κ1) is 17.3. The van der Waals surface area contributed by atoms with E-state index < -0.39 is 5.97 Å². The van der Waals surface area contributed by atoms with Crippen molar-refractivity contribution in [1.29, 1.82) is 0 Å². The molecule has 0 amide bonds. The Morgan fingerprint density at radius 2 is 2.17 bits per heavy atom. The molecule has 0 atom stereocenters. The summed E-state index contributed by atoms with van der Waals surface area (Å²) in [4.78, 5) is 22.9. The standard InChI is InChI=1S/C17H16O4S2/c1-21-16-5-3-13(8-14(16)10-23-11-17(19)20)15(18)4-2-12-6-7-22-9-12/h2-9H,10-11H2,1H3,(H,19,20). The Morgan fingerprint density at radius 3 is 2.83 bits per heavy atom. The highest BCUT2D eigenvalue weighted by molar-refractivity contribution is 7.99. The van der Waals surface area contributed by atoms with Gasteiger partial charge in [0.05, 0.1) is 12.9 Å². The Bertz CT molecular complexity index is 705. The molecule has 0 spiro atoms. The van der Waals surface area contributed by atoms with Crippen molar-refractivity contribution in [1.82, 2.24) is 0 Å². The van der Waals surface area contributed by atoms with E-state index in [0.717, 1.165) is 11.1 Å². The van der Waals surface area contributed by atoms with Crippen LogP contribution in [0.1, 0.15) is 21.5 Å². The predicted molar refractivity (Wildman–Crippen MR) is 94.5 cm³/mol. The van der Waals surface area contributed by atoms with Gasteiger partial charge in [0.15, 0.2) is 5.78 Å². The minimum atomic E-state index is -0.861. The Labute approximate surface area is 142 Å². The van der Waals surface area contributed by atoms with E-state index in [9.17, 15) is 9.59 Å². The van der Waals surface area contributed by atoms with Gasteiger partial charge in [0.2, 0.25) is 0 Å². The van der Waals surface area contributed by atoms with E-state index >= 15 is 0 Å². The third-order valence-corrected chi connectivity index (χ3v) is 4.69. The van der Waals surface area contributed by atoms with E-state index in [2.05, 4.69) is 0 Å². The van der Waals surface area contributed by atoms with Crippen LogP contribution in [-0.4, -0.2) is 29.7 Å². The molecule has 2 rings (SSSR count). The molecule has 0 aliphatic rings. The maximum atomic E-state index is 12.2. The summed E-state index contributed by atoms with van der Waals surface area (Å²) in [6.45, 7) is 0. The lowest BCUT2D eigenvalue weighted by Crippen LogP contribution is -2.01. The fraction of sp³-hybridized carbons (Fsp3) is 0.176. The zero-order valence-corrected chi connectivity index (χ0v) is 14.2. The largest absolute Gasteiger partial charge is 0.496 e. The number of carbonyl (C=O) groups excluding carboxylic acids is 1. The van der Waals surface area contributed by atoms with Crippen LogP contribution in [0.2, 0.25) is 0 Å². The monoisotopic (exact) mass is 348 g/mol. The number of carboxylic acids is 1. The van der Waals surface area contributed by atoms with Gasteiger partial charge in [-0.25, -0.2) is 0 Å². The number of methoxy groups -OCH3 is 1. The van der Waals surface area contributed by atoms with E-state index in [1.54, 1.807) is 42.7 Å². The molecule has 23 heavy (non-hydrogen) atoms. The zero-order chi connectivity index (χ0) is 16.7. The van der Waals surface area contributed by atoms with Gasteiger partial charge in [0.25, 0.3) is 0 Å². The number of aliphatic carboxylic acids is 1. The lowest BCUT2D eigenvalue weighted by atomic mass is 10.1. The molecule has 0 bridgehead atoms. The lowest BCUT2D eigenvalue weighted by molar-refractivity contribution is -0.133. The van der Waals surface area contributed by atoms with Crippen LogP contribution in [0, 0.1) is 0 Å². The first-order valence-corrected chi connectivity index (χ1v) is 8.91. The van der Waals surface area contributed by atoms with Crippen molar-refractivity contribution in [3.05, 3.63) is 57.8 Å². The third kappa shape index (κ3) is 5.26. The minimum absolute atomic E-state index is 0.0133. The van der Waals surface area contributed by atoms with Gasteiger partial charge in [0.1, 0.15) is 5.75 Å². The summed E-state index contributed by atoms with van der Waals surface area (Å²) in [7, 11) is 1.55. The number of carbonyl (C=O) groups is 2. The normalized spacial score (nSPS) is 10.8. The van der Waals surface area contributed by atoms with Crippen molar-refractivity contribution < 1.29 is 19.4 Å². The Kier molecular flexibility index (Phi) is 6.43. The molecule has 1 aromatic carbocycles. The molecule has 0 saturated heterocycles. The van der Waals surface area contributed by atoms with Gasteiger partial charge in [-0.2, -0.15) is 11.3 Å². The van der Waals surface area contributed by atoms with Gasteiger partial charge in [-0.3, -0.25) is 9.59 Å². The molecular formula is C17H16O4S2. The molecule has 0 aliphatic heterocycles. The molecule has 0 fully saturated rings. The van der Waals surface area contributed by atoms with Gasteiger partial charge < -0.3 is 9.84 Å². The van der Waals surface area contributed by atoms with Gasteiger partial charge in [-0.15, -0.1) is 11.8 Å². The van der Waals surface area contributed by atoms with Gasteiger partial charge in [0, 0.05) is 16.9 Å². The lowest BCUT2D eigenvalue weighted by Gasteiger charge is -2.09. The molecule has 0 saturated carbocycles. The van der Waals surface area contributed by atoms with Crippen LogP contribution in [0.5, 0.6) is 5.75 Å². The van der Waals surface area contributed by atoms with Crippen LogP contribution in [0.25, 0.3) is 6.08 Å². The number of benzene rings is 1. The molecular weight excluding hydrogens is 332 g/mol. The van der Waals surface area contributed by atoms with Crippen molar-refractivity contribution in [2.75, 3.05) is 12.9 Å². The molecule has 1 heterocycles. The minimum Gasteiger partial charge on any atom is -0.496 e. The Hall–Kier alpha value is -2.05. The average Bonchev–Trinajstić information content (AvgIpc) is 3.05. The number of ether oxygens (including phenoxy) is 1. The van der Waals surface area contributed by atoms with E-state index in [-0.39, 0.29) is 11.5 Å². The topological polar surface area (TPSA) is 63.6 Å². The van der Waals surface area contributed by atoms with E-state index in [0.29, 0.717) is 17.1 Å². The van der Waals surface area contributed by atoms with Crippen LogP contribution < -0.4 is 4.74 Å². The summed E-state index contributed by atoms with van der Waals surface area (Å²) in [6.07, 6.45) is 3.32. The molecule has 0 unspecified atom stereocenters. The second kappa shape index (κ2) is 8.55. The zero-order valence-electron chi connectivity index (χ0n) is 12.5. The van der Waals surface area contributed by atoms with E-state index in [4.69, 9.17) is 9.84 Å². The van der Waals surface area contributed by atoms with Gasteiger partial charge in [-0.05, 0) is 46.7 Å². The Balaban J connectivity index is 2.12. The van der Waals surface area contributed by atoms with E-state index in [1.165, 1.54) is 17.8 Å². The van der Waals surface area contributed by atoms with Crippen LogP contribution in [0.4, 0.5) is 0 Å². The summed E-state index contributed by atoms with van der Waals surface area (Å²) in [5.41, 5.74) is 2.37. The highest BCUT2D eigenvalue weighted by Crippen LogP contribution is 2.25. The molecule has 1 N–H and O–H groups in total. The number of thiophene rings is 1. The van der Waals surface area contributed by atoms with Crippen molar-refractivity contribution >= 4 is 40.9 Å². The highest BCUT2D eigenvalue weighted by Gasteiger charge is 2.09. The fourth-order valence-corrected chi connectivity index (χ4v) is 3.28. The van der Waals surface area contributed by atoms with Crippen molar-refractivity contribution in [3.63, 3.8) is 0 Å². The van der Waals surface area contributed by atoms with Crippen molar-refractivity contribution in [2.45, 2.75) is 5.75 Å². The predicted octanol–water partition coefficient (Wildman–Crippen LogP) is 3.97. The summed E-state index contributed by atoms with van der Waals surface area (Å²) >= 11 is 2.84. The molecule has 120 valence electrons. The molecule has 2 aromatic rings. The molecule has 0 radical (unpaired) electrons. The third-order valence-electron chi connectivity index (χ3n) is 3.02. The Morgan fingerprint density at radius 1 is 1.35 bits per heavy atom. The first-order valence-electron chi connectivity index (χ1n) is 6.81. The molecule has 0 aliphatic carbocycles. The maximum absolute atomic E-state index is 12.2. The van der Waals surface area contributed by atoms with Gasteiger partial charge in [-0.1, -0.05) is 6.08 Å².